The van der Waals surface area contributed by atoms with Crippen molar-refractivity contribution in [3.05, 3.63) is 28.1 Å². The van der Waals surface area contributed by atoms with E-state index in [-0.39, 0.29) is 5.91 Å². The van der Waals surface area contributed by atoms with Gasteiger partial charge in [-0.1, -0.05) is 0 Å². The monoisotopic (exact) mass is 248 g/mol. The summed E-state index contributed by atoms with van der Waals surface area (Å²) in [6, 6.07) is 0. The molecule has 1 aromatic rings. The minimum Gasteiger partial charge on any atom is -0.348 e. The first-order valence-electron chi connectivity index (χ1n) is 6.17. The highest BCUT2D eigenvalue weighted by Gasteiger charge is 2.16. The van der Waals surface area contributed by atoms with Gasteiger partial charge in [-0.05, 0) is 26.3 Å². The maximum absolute atomic E-state index is 12.0. The van der Waals surface area contributed by atoms with Crippen molar-refractivity contribution < 1.29 is 4.79 Å². The summed E-state index contributed by atoms with van der Waals surface area (Å²) >= 11 is 0. The van der Waals surface area contributed by atoms with Crippen molar-refractivity contribution >= 4 is 5.91 Å². The molecule has 0 unspecified atom stereocenters. The summed E-state index contributed by atoms with van der Waals surface area (Å²) < 4.78 is 1.85. The fourth-order valence-electron chi connectivity index (χ4n) is 2.05. The number of amides is 1. The van der Waals surface area contributed by atoms with Gasteiger partial charge in [0.25, 0.3) is 0 Å². The number of aryl methyl sites for hydroxylation is 2. The van der Waals surface area contributed by atoms with Crippen molar-refractivity contribution in [2.75, 3.05) is 13.1 Å². The first-order valence-corrected chi connectivity index (χ1v) is 6.17. The normalized spacial score (nSPS) is 14.3. The number of hydrogen-bond acceptors (Lipinski definition) is 3. The fraction of sp³-hybridized carbons (Fsp3) is 0.538. The van der Waals surface area contributed by atoms with Gasteiger partial charge in [0.2, 0.25) is 5.91 Å². The van der Waals surface area contributed by atoms with Crippen LogP contribution in [0.1, 0.15) is 23.9 Å². The van der Waals surface area contributed by atoms with Crippen LogP contribution in [0.5, 0.6) is 0 Å². The Hall–Kier alpha value is -1.62. The molecule has 1 amide bonds. The Kier molecular flexibility index (Phi) is 3.52. The minimum atomic E-state index is 0.0224. The second-order valence-electron chi connectivity index (χ2n) is 4.79. The molecule has 0 atom stereocenters. The molecule has 0 aliphatic carbocycles. The van der Waals surface area contributed by atoms with E-state index in [4.69, 9.17) is 0 Å². The molecule has 18 heavy (non-hydrogen) atoms. The van der Waals surface area contributed by atoms with Crippen LogP contribution in [0.3, 0.4) is 0 Å². The maximum Gasteiger partial charge on any atom is 0.247 e. The van der Waals surface area contributed by atoms with E-state index in [1.54, 1.807) is 0 Å². The third-order valence-corrected chi connectivity index (χ3v) is 3.63. The Morgan fingerprint density at radius 2 is 2.11 bits per heavy atom. The van der Waals surface area contributed by atoms with E-state index < -0.39 is 0 Å². The molecule has 1 saturated heterocycles. The van der Waals surface area contributed by atoms with E-state index in [2.05, 4.69) is 15.7 Å². The lowest BCUT2D eigenvalue weighted by atomic mass is 10.0. The molecule has 2 rings (SSSR count). The highest BCUT2D eigenvalue weighted by Crippen LogP contribution is 2.12. The highest BCUT2D eigenvalue weighted by molar-refractivity contribution is 5.93. The van der Waals surface area contributed by atoms with Crippen molar-refractivity contribution in [2.24, 2.45) is 7.05 Å². The molecule has 0 radical (unpaired) electrons. The standard InChI is InChI=1S/C13H20N4O/c1-8(11-5-14-6-11)13(18)15-7-12-9(2)16-17(4)10(12)3/h14H,5-7H2,1-4H3,(H,15,18). The molecule has 2 heterocycles. The number of carbonyl (C=O) groups excluding carboxylic acids is 1. The summed E-state index contributed by atoms with van der Waals surface area (Å²) in [5.41, 5.74) is 5.23. The predicted molar refractivity (Wildman–Crippen MR) is 70.1 cm³/mol. The zero-order valence-electron chi connectivity index (χ0n) is 11.4. The van der Waals surface area contributed by atoms with Crippen LogP contribution in [0, 0.1) is 13.8 Å². The second kappa shape index (κ2) is 4.94. The summed E-state index contributed by atoms with van der Waals surface area (Å²) in [6.45, 7) is 8.09. The number of hydrogen-bond donors (Lipinski definition) is 2. The van der Waals surface area contributed by atoms with Gasteiger partial charge in [0.15, 0.2) is 0 Å². The van der Waals surface area contributed by atoms with Crippen LogP contribution in [-0.2, 0) is 18.4 Å². The number of rotatable bonds is 3. The van der Waals surface area contributed by atoms with Gasteiger partial charge in [-0.2, -0.15) is 5.10 Å². The molecule has 1 aromatic heterocycles. The van der Waals surface area contributed by atoms with Crippen LogP contribution in [-0.4, -0.2) is 28.8 Å². The van der Waals surface area contributed by atoms with Crippen molar-refractivity contribution in [1.29, 1.82) is 0 Å². The van der Waals surface area contributed by atoms with E-state index in [0.717, 1.165) is 35.6 Å². The molecule has 1 fully saturated rings. The number of nitrogens with zero attached hydrogens (tertiary/aromatic N) is 2. The quantitative estimate of drug-likeness (QED) is 0.769. The van der Waals surface area contributed by atoms with Crippen LogP contribution >= 0.6 is 0 Å². The number of aromatic nitrogens is 2. The van der Waals surface area contributed by atoms with Crippen molar-refractivity contribution in [3.8, 4) is 0 Å². The summed E-state index contributed by atoms with van der Waals surface area (Å²) in [5, 5.41) is 10.4. The Morgan fingerprint density at radius 3 is 2.56 bits per heavy atom. The first-order chi connectivity index (χ1) is 8.50. The van der Waals surface area contributed by atoms with Crippen LogP contribution in [0.2, 0.25) is 0 Å². The van der Waals surface area contributed by atoms with Gasteiger partial charge in [-0.15, -0.1) is 0 Å². The van der Waals surface area contributed by atoms with Crippen molar-refractivity contribution in [2.45, 2.75) is 27.3 Å². The summed E-state index contributed by atoms with van der Waals surface area (Å²) in [7, 11) is 1.92. The van der Waals surface area contributed by atoms with Crippen LogP contribution in [0.15, 0.2) is 11.1 Å². The van der Waals surface area contributed by atoms with Crippen LogP contribution in [0.25, 0.3) is 0 Å². The molecular formula is C13H20N4O. The fourth-order valence-corrected chi connectivity index (χ4v) is 2.05. The number of nitrogens with one attached hydrogen (secondary N) is 2. The smallest absolute Gasteiger partial charge is 0.247 e. The van der Waals surface area contributed by atoms with Gasteiger partial charge in [-0.25, -0.2) is 0 Å². The third kappa shape index (κ3) is 2.31. The van der Waals surface area contributed by atoms with Gasteiger partial charge in [0.1, 0.15) is 0 Å². The van der Waals surface area contributed by atoms with Gasteiger partial charge in [0, 0.05) is 43.5 Å². The summed E-state index contributed by atoms with van der Waals surface area (Å²) in [6.07, 6.45) is 0. The lowest BCUT2D eigenvalue weighted by molar-refractivity contribution is -0.117. The average Bonchev–Trinajstić information content (AvgIpc) is 2.48. The molecule has 1 aliphatic heterocycles. The number of carbonyl (C=O) groups is 1. The van der Waals surface area contributed by atoms with Crippen molar-refractivity contribution in [1.82, 2.24) is 20.4 Å². The average molecular weight is 248 g/mol. The molecule has 2 N–H and O–H groups in total. The highest BCUT2D eigenvalue weighted by atomic mass is 16.1. The third-order valence-electron chi connectivity index (χ3n) is 3.63. The SMILES string of the molecule is CC(C(=O)NCc1c(C)nn(C)c1C)=C1CNC1. The molecule has 98 valence electrons. The lowest BCUT2D eigenvalue weighted by Gasteiger charge is -2.21. The van der Waals surface area contributed by atoms with Crippen LogP contribution < -0.4 is 10.6 Å². The molecule has 1 aliphatic rings. The van der Waals surface area contributed by atoms with Gasteiger partial charge in [0.05, 0.1) is 5.69 Å². The molecule has 5 nitrogen and oxygen atoms in total. The maximum atomic E-state index is 12.0. The van der Waals surface area contributed by atoms with E-state index in [9.17, 15) is 4.79 Å². The molecule has 0 bridgehead atoms. The Labute approximate surface area is 107 Å². The van der Waals surface area contributed by atoms with Crippen LogP contribution in [0.4, 0.5) is 0 Å². The Bertz CT molecular complexity index is 507. The summed E-state index contributed by atoms with van der Waals surface area (Å²) in [5.74, 6) is 0.0224. The van der Waals surface area contributed by atoms with E-state index in [0.29, 0.717) is 6.54 Å². The molecular weight excluding hydrogens is 228 g/mol. The topological polar surface area (TPSA) is 59.0 Å². The van der Waals surface area contributed by atoms with Gasteiger partial charge in [-0.3, -0.25) is 9.48 Å². The van der Waals surface area contributed by atoms with Crippen molar-refractivity contribution in [3.63, 3.8) is 0 Å². The Balaban J connectivity index is 2.01. The summed E-state index contributed by atoms with van der Waals surface area (Å²) in [4.78, 5) is 12.0. The van der Waals surface area contributed by atoms with E-state index >= 15 is 0 Å². The van der Waals surface area contributed by atoms with E-state index in [1.165, 1.54) is 5.57 Å². The second-order valence-corrected chi connectivity index (χ2v) is 4.79. The Morgan fingerprint density at radius 1 is 1.44 bits per heavy atom. The largest absolute Gasteiger partial charge is 0.348 e. The lowest BCUT2D eigenvalue weighted by Crippen LogP contribution is -2.37. The zero-order chi connectivity index (χ0) is 13.3. The van der Waals surface area contributed by atoms with Gasteiger partial charge < -0.3 is 10.6 Å². The first kappa shape index (κ1) is 12.8. The predicted octanol–water partition coefficient (Wildman–Crippen LogP) is 0.573. The molecule has 0 aromatic carbocycles. The molecule has 5 heteroatoms. The molecule has 0 saturated carbocycles. The zero-order valence-corrected chi connectivity index (χ0v) is 11.4. The molecule has 0 spiro atoms. The minimum absolute atomic E-state index is 0.0224. The van der Waals surface area contributed by atoms with Gasteiger partial charge >= 0.3 is 0 Å². The van der Waals surface area contributed by atoms with E-state index in [1.807, 2.05) is 32.5 Å².